The molecule has 1 N–H and O–H groups in total. The van der Waals surface area contributed by atoms with Crippen molar-refractivity contribution in [1.82, 2.24) is 15.1 Å². The van der Waals surface area contributed by atoms with E-state index in [1.54, 1.807) is 25.4 Å². The maximum Gasteiger partial charge on any atom is 0.355 e. The third-order valence-corrected chi connectivity index (χ3v) is 3.47. The number of aromatic nitrogens is 3. The van der Waals surface area contributed by atoms with Crippen LogP contribution in [-0.4, -0.2) is 28.2 Å². The van der Waals surface area contributed by atoms with E-state index in [-0.39, 0.29) is 12.5 Å². The van der Waals surface area contributed by atoms with Crippen LogP contribution < -0.4 is 4.74 Å². The third-order valence-electron chi connectivity index (χ3n) is 3.01. The standard InChI is InChI=1S/C15H12BrN3O4/c1-21-12-5-3-2-4-10(12)14-18-13(23-19-14)8-22-15(20)11-6-9(16)7-17-11/h2-7,17H,8H2,1H3. The van der Waals surface area contributed by atoms with Crippen LogP contribution in [-0.2, 0) is 11.3 Å². The van der Waals surface area contributed by atoms with Crippen LogP contribution in [0, 0.1) is 0 Å². The van der Waals surface area contributed by atoms with Gasteiger partial charge in [-0.25, -0.2) is 4.79 Å². The molecule has 2 aromatic heterocycles. The number of ether oxygens (including phenoxy) is 2. The van der Waals surface area contributed by atoms with Gasteiger partial charge in [-0.05, 0) is 34.1 Å². The predicted octanol–water partition coefficient (Wildman–Crippen LogP) is 3.19. The van der Waals surface area contributed by atoms with Gasteiger partial charge in [-0.15, -0.1) is 0 Å². The fraction of sp³-hybridized carbons (Fsp3) is 0.133. The van der Waals surface area contributed by atoms with Crippen molar-refractivity contribution in [3.63, 3.8) is 0 Å². The first-order valence-electron chi connectivity index (χ1n) is 6.64. The van der Waals surface area contributed by atoms with Gasteiger partial charge in [0.2, 0.25) is 5.82 Å². The Morgan fingerprint density at radius 2 is 2.22 bits per heavy atom. The van der Waals surface area contributed by atoms with E-state index in [0.29, 0.717) is 22.8 Å². The summed E-state index contributed by atoms with van der Waals surface area (Å²) in [5.74, 6) is 0.696. The van der Waals surface area contributed by atoms with Gasteiger partial charge in [-0.1, -0.05) is 17.3 Å². The first-order chi connectivity index (χ1) is 11.2. The largest absolute Gasteiger partial charge is 0.496 e. The van der Waals surface area contributed by atoms with Crippen LogP contribution in [0.15, 0.2) is 45.5 Å². The number of aromatic amines is 1. The van der Waals surface area contributed by atoms with E-state index in [4.69, 9.17) is 14.0 Å². The molecule has 7 nitrogen and oxygen atoms in total. The number of esters is 1. The van der Waals surface area contributed by atoms with Gasteiger partial charge >= 0.3 is 5.97 Å². The Kier molecular flexibility index (Phi) is 4.42. The highest BCUT2D eigenvalue weighted by Gasteiger charge is 2.15. The highest BCUT2D eigenvalue weighted by atomic mass is 79.9. The first-order valence-corrected chi connectivity index (χ1v) is 7.43. The molecule has 0 amide bonds. The molecule has 3 rings (SSSR count). The van der Waals surface area contributed by atoms with Gasteiger partial charge in [0.1, 0.15) is 11.4 Å². The monoisotopic (exact) mass is 377 g/mol. The predicted molar refractivity (Wildman–Crippen MR) is 83.9 cm³/mol. The lowest BCUT2D eigenvalue weighted by molar-refractivity contribution is 0.0423. The van der Waals surface area contributed by atoms with E-state index in [9.17, 15) is 4.79 Å². The molecule has 1 aromatic carbocycles. The number of H-pyrrole nitrogens is 1. The Labute approximate surface area is 139 Å². The zero-order valence-corrected chi connectivity index (χ0v) is 13.7. The van der Waals surface area contributed by atoms with Crippen LogP contribution in [0.1, 0.15) is 16.4 Å². The molecular formula is C15H12BrN3O4. The molecule has 8 heteroatoms. The molecule has 3 aromatic rings. The van der Waals surface area contributed by atoms with Gasteiger partial charge < -0.3 is 19.0 Å². The highest BCUT2D eigenvalue weighted by molar-refractivity contribution is 9.10. The summed E-state index contributed by atoms with van der Waals surface area (Å²) >= 11 is 3.25. The number of para-hydroxylation sites is 1. The van der Waals surface area contributed by atoms with Gasteiger partial charge in [-0.3, -0.25) is 0 Å². The minimum Gasteiger partial charge on any atom is -0.496 e. The molecule has 0 bridgehead atoms. The van der Waals surface area contributed by atoms with Crippen molar-refractivity contribution in [3.05, 3.63) is 52.6 Å². The number of nitrogens with one attached hydrogen (secondary N) is 1. The number of halogens is 1. The van der Waals surface area contributed by atoms with Gasteiger partial charge in [0.15, 0.2) is 6.61 Å². The minimum atomic E-state index is -0.507. The van der Waals surface area contributed by atoms with Crippen molar-refractivity contribution < 1.29 is 18.8 Å². The number of rotatable bonds is 5. The zero-order chi connectivity index (χ0) is 16.2. The summed E-state index contributed by atoms with van der Waals surface area (Å²) in [4.78, 5) is 18.8. The van der Waals surface area contributed by atoms with E-state index in [1.807, 2.05) is 18.2 Å². The molecule has 0 aliphatic rings. The molecule has 118 valence electrons. The van der Waals surface area contributed by atoms with Crippen LogP contribution in [0.4, 0.5) is 0 Å². The topological polar surface area (TPSA) is 90.2 Å². The van der Waals surface area contributed by atoms with E-state index in [1.165, 1.54) is 0 Å². The van der Waals surface area contributed by atoms with Crippen LogP contribution in [0.25, 0.3) is 11.4 Å². The molecule has 0 saturated heterocycles. The number of benzene rings is 1. The van der Waals surface area contributed by atoms with Crippen molar-refractivity contribution in [2.24, 2.45) is 0 Å². The molecule has 23 heavy (non-hydrogen) atoms. The second-order valence-electron chi connectivity index (χ2n) is 4.52. The Balaban J connectivity index is 1.69. The summed E-state index contributed by atoms with van der Waals surface area (Å²) < 4.78 is 16.2. The Morgan fingerprint density at radius 1 is 1.39 bits per heavy atom. The third kappa shape index (κ3) is 3.42. The quantitative estimate of drug-likeness (QED) is 0.686. The summed E-state index contributed by atoms with van der Waals surface area (Å²) in [6.45, 7) is -0.113. The second kappa shape index (κ2) is 6.66. The van der Waals surface area contributed by atoms with Crippen LogP contribution >= 0.6 is 15.9 Å². The number of hydrogen-bond donors (Lipinski definition) is 1. The average molecular weight is 378 g/mol. The average Bonchev–Trinajstić information content (AvgIpc) is 3.21. The summed E-state index contributed by atoms with van der Waals surface area (Å²) in [5, 5.41) is 3.88. The summed E-state index contributed by atoms with van der Waals surface area (Å²) in [6, 6.07) is 8.93. The Hall–Kier alpha value is -2.61. The number of carbonyl (C=O) groups is 1. The fourth-order valence-corrected chi connectivity index (χ4v) is 2.29. The van der Waals surface area contributed by atoms with Crippen molar-refractivity contribution in [3.8, 4) is 17.1 Å². The van der Waals surface area contributed by atoms with E-state index >= 15 is 0 Å². The van der Waals surface area contributed by atoms with Crippen LogP contribution in [0.5, 0.6) is 5.75 Å². The second-order valence-corrected chi connectivity index (χ2v) is 5.44. The van der Waals surface area contributed by atoms with Gasteiger partial charge in [0, 0.05) is 10.7 Å². The fourth-order valence-electron chi connectivity index (χ4n) is 1.94. The molecule has 0 aliphatic carbocycles. The summed E-state index contributed by atoms with van der Waals surface area (Å²) in [7, 11) is 1.57. The van der Waals surface area contributed by atoms with Crippen LogP contribution in [0.2, 0.25) is 0 Å². The SMILES string of the molecule is COc1ccccc1-c1noc(COC(=O)c2cc(Br)c[nH]2)n1. The van der Waals surface area contributed by atoms with Crippen molar-refractivity contribution in [1.29, 1.82) is 0 Å². The maximum absolute atomic E-state index is 11.8. The molecule has 0 atom stereocenters. The van der Waals surface area contributed by atoms with Crippen molar-refractivity contribution in [2.75, 3.05) is 7.11 Å². The first kappa shape index (κ1) is 15.3. The lowest BCUT2D eigenvalue weighted by Crippen LogP contribution is -2.05. The van der Waals surface area contributed by atoms with Crippen molar-refractivity contribution in [2.45, 2.75) is 6.61 Å². The van der Waals surface area contributed by atoms with Gasteiger partial charge in [0.05, 0.1) is 12.7 Å². The summed E-state index contributed by atoms with van der Waals surface area (Å²) in [6.07, 6.45) is 1.64. The molecule has 0 fully saturated rings. The van der Waals surface area contributed by atoms with Crippen molar-refractivity contribution >= 4 is 21.9 Å². The maximum atomic E-state index is 11.8. The number of methoxy groups -OCH3 is 1. The summed E-state index contributed by atoms with van der Waals surface area (Å²) in [5.41, 5.74) is 1.03. The Morgan fingerprint density at radius 3 is 2.96 bits per heavy atom. The van der Waals surface area contributed by atoms with E-state index in [2.05, 4.69) is 31.1 Å². The molecule has 0 aliphatic heterocycles. The normalized spacial score (nSPS) is 10.5. The molecular weight excluding hydrogens is 366 g/mol. The number of nitrogens with zero attached hydrogens (tertiary/aromatic N) is 2. The highest BCUT2D eigenvalue weighted by Crippen LogP contribution is 2.27. The van der Waals surface area contributed by atoms with Gasteiger partial charge in [0.25, 0.3) is 5.89 Å². The smallest absolute Gasteiger partial charge is 0.355 e. The lowest BCUT2D eigenvalue weighted by Gasteiger charge is -2.03. The van der Waals surface area contributed by atoms with Crippen LogP contribution in [0.3, 0.4) is 0 Å². The molecule has 0 spiro atoms. The molecule has 0 saturated carbocycles. The lowest BCUT2D eigenvalue weighted by atomic mass is 10.2. The van der Waals surface area contributed by atoms with E-state index in [0.717, 1.165) is 4.47 Å². The molecule has 0 radical (unpaired) electrons. The van der Waals surface area contributed by atoms with E-state index < -0.39 is 5.97 Å². The zero-order valence-electron chi connectivity index (χ0n) is 12.1. The number of carbonyl (C=O) groups excluding carboxylic acids is 1. The minimum absolute atomic E-state index is 0.113. The molecule has 2 heterocycles. The number of hydrogen-bond acceptors (Lipinski definition) is 6. The molecule has 0 unspecified atom stereocenters. The van der Waals surface area contributed by atoms with Gasteiger partial charge in [-0.2, -0.15) is 4.98 Å². The Bertz CT molecular complexity index is 828.